The predicted molar refractivity (Wildman–Crippen MR) is 106 cm³/mol. The van der Waals surface area contributed by atoms with Crippen LogP contribution in [0.3, 0.4) is 0 Å². The number of primary amides is 1. The highest BCUT2D eigenvalue weighted by Gasteiger charge is 2.37. The maximum atomic E-state index is 13.2. The standard InChI is InChI=1S/C20H23FN6O3/c1-10(2)16(20-24-18(26-30-20)11-3-4-11)23-19(29)14-9-15(17(22)28)27(25-14)13-7-5-12(21)6-8-13/h5-8,10-11,15-16H,3-4,9H2,1-2H3,(H2,22,28)(H,23,29). The van der Waals surface area contributed by atoms with Gasteiger partial charge >= 0.3 is 0 Å². The fourth-order valence-electron chi connectivity index (χ4n) is 3.32. The van der Waals surface area contributed by atoms with Gasteiger partial charge in [0.25, 0.3) is 5.91 Å². The van der Waals surface area contributed by atoms with Gasteiger partial charge in [-0.05, 0) is 43.0 Å². The number of carbonyl (C=O) groups excluding carboxylic acids is 2. The van der Waals surface area contributed by atoms with Crippen LogP contribution in [0.5, 0.6) is 0 Å². The number of benzene rings is 1. The van der Waals surface area contributed by atoms with Crippen LogP contribution >= 0.6 is 0 Å². The summed E-state index contributed by atoms with van der Waals surface area (Å²) in [4.78, 5) is 29.3. The number of rotatable bonds is 7. The molecule has 1 aliphatic heterocycles. The van der Waals surface area contributed by atoms with Crippen LogP contribution in [-0.4, -0.2) is 33.7 Å². The number of nitrogens with one attached hydrogen (secondary N) is 1. The number of hydrogen-bond donors (Lipinski definition) is 2. The zero-order chi connectivity index (χ0) is 21.4. The van der Waals surface area contributed by atoms with Crippen LogP contribution in [0.25, 0.3) is 0 Å². The van der Waals surface area contributed by atoms with Gasteiger partial charge in [-0.15, -0.1) is 0 Å². The summed E-state index contributed by atoms with van der Waals surface area (Å²) in [6.45, 7) is 3.86. The Morgan fingerprint density at radius 1 is 1.27 bits per heavy atom. The Morgan fingerprint density at radius 2 is 1.97 bits per heavy atom. The van der Waals surface area contributed by atoms with Crippen LogP contribution in [0.2, 0.25) is 0 Å². The summed E-state index contributed by atoms with van der Waals surface area (Å²) < 4.78 is 18.6. The monoisotopic (exact) mass is 414 g/mol. The lowest BCUT2D eigenvalue weighted by atomic mass is 10.0. The van der Waals surface area contributed by atoms with E-state index in [1.807, 2.05) is 13.8 Å². The maximum Gasteiger partial charge on any atom is 0.268 e. The Bertz CT molecular complexity index is 983. The van der Waals surface area contributed by atoms with E-state index >= 15 is 0 Å². The first-order valence-electron chi connectivity index (χ1n) is 9.89. The molecule has 2 heterocycles. The van der Waals surface area contributed by atoms with E-state index in [9.17, 15) is 14.0 Å². The summed E-state index contributed by atoms with van der Waals surface area (Å²) in [5, 5.41) is 12.5. The number of anilines is 1. The molecule has 2 unspecified atom stereocenters. The zero-order valence-corrected chi connectivity index (χ0v) is 16.7. The molecule has 2 atom stereocenters. The third-order valence-corrected chi connectivity index (χ3v) is 5.21. The minimum absolute atomic E-state index is 0.0106. The van der Waals surface area contributed by atoms with Crippen molar-refractivity contribution in [1.82, 2.24) is 15.5 Å². The molecular formula is C20H23FN6O3. The fourth-order valence-corrected chi connectivity index (χ4v) is 3.32. The van der Waals surface area contributed by atoms with Crippen molar-refractivity contribution in [2.75, 3.05) is 5.01 Å². The van der Waals surface area contributed by atoms with Gasteiger partial charge < -0.3 is 15.6 Å². The molecule has 0 spiro atoms. The second-order valence-corrected chi connectivity index (χ2v) is 7.95. The number of carbonyl (C=O) groups is 2. The van der Waals surface area contributed by atoms with Gasteiger partial charge in [-0.3, -0.25) is 14.6 Å². The molecule has 0 radical (unpaired) electrons. The van der Waals surface area contributed by atoms with Crippen molar-refractivity contribution < 1.29 is 18.5 Å². The molecule has 9 nitrogen and oxygen atoms in total. The third kappa shape index (κ3) is 4.03. The molecule has 1 aromatic heterocycles. The molecule has 1 aromatic carbocycles. The number of nitrogens with two attached hydrogens (primary N) is 1. The molecule has 30 heavy (non-hydrogen) atoms. The van der Waals surface area contributed by atoms with Gasteiger partial charge in [0.05, 0.1) is 5.69 Å². The highest BCUT2D eigenvalue weighted by atomic mass is 19.1. The molecular weight excluding hydrogens is 391 g/mol. The lowest BCUT2D eigenvalue weighted by Crippen LogP contribution is -2.40. The van der Waals surface area contributed by atoms with Crippen molar-refractivity contribution in [3.05, 3.63) is 41.8 Å². The molecule has 0 saturated heterocycles. The largest absolute Gasteiger partial charge is 0.368 e. The molecule has 0 bridgehead atoms. The van der Waals surface area contributed by atoms with E-state index < -0.39 is 29.7 Å². The van der Waals surface area contributed by atoms with Crippen molar-refractivity contribution in [3.63, 3.8) is 0 Å². The quantitative estimate of drug-likeness (QED) is 0.714. The molecule has 2 aliphatic rings. The number of hydrazone groups is 1. The van der Waals surface area contributed by atoms with Crippen LogP contribution in [0.1, 0.15) is 56.8 Å². The van der Waals surface area contributed by atoms with Crippen LogP contribution in [0.4, 0.5) is 10.1 Å². The van der Waals surface area contributed by atoms with Crippen LogP contribution in [0.15, 0.2) is 33.9 Å². The lowest BCUT2D eigenvalue weighted by molar-refractivity contribution is -0.119. The Kier molecular flexibility index (Phi) is 5.23. The fraction of sp³-hybridized carbons (Fsp3) is 0.450. The number of amides is 2. The van der Waals surface area contributed by atoms with Crippen LogP contribution in [0, 0.1) is 11.7 Å². The molecule has 2 amide bonds. The Balaban J connectivity index is 1.53. The maximum absolute atomic E-state index is 13.2. The van der Waals surface area contributed by atoms with Gasteiger partial charge in [-0.25, -0.2) is 4.39 Å². The van der Waals surface area contributed by atoms with Gasteiger partial charge in [0.15, 0.2) is 5.82 Å². The molecule has 2 aromatic rings. The molecule has 1 saturated carbocycles. The minimum atomic E-state index is -0.835. The smallest absolute Gasteiger partial charge is 0.268 e. The zero-order valence-electron chi connectivity index (χ0n) is 16.7. The summed E-state index contributed by atoms with van der Waals surface area (Å²) in [6, 6.07) is 4.13. The van der Waals surface area contributed by atoms with E-state index in [-0.39, 0.29) is 18.1 Å². The second kappa shape index (κ2) is 7.85. The van der Waals surface area contributed by atoms with Gasteiger partial charge in [0.2, 0.25) is 11.8 Å². The highest BCUT2D eigenvalue weighted by molar-refractivity contribution is 6.40. The average Bonchev–Trinajstić information content (AvgIpc) is 3.26. The van der Waals surface area contributed by atoms with Crippen molar-refractivity contribution in [2.45, 2.75) is 51.1 Å². The van der Waals surface area contributed by atoms with Crippen molar-refractivity contribution >= 4 is 23.2 Å². The van der Waals surface area contributed by atoms with Gasteiger partial charge in [0.1, 0.15) is 23.6 Å². The highest BCUT2D eigenvalue weighted by Crippen LogP contribution is 2.38. The van der Waals surface area contributed by atoms with E-state index in [2.05, 4.69) is 20.6 Å². The van der Waals surface area contributed by atoms with Crippen molar-refractivity contribution in [2.24, 2.45) is 16.8 Å². The van der Waals surface area contributed by atoms with E-state index in [4.69, 9.17) is 10.3 Å². The predicted octanol–water partition coefficient (Wildman–Crippen LogP) is 2.02. The van der Waals surface area contributed by atoms with Gasteiger partial charge in [-0.1, -0.05) is 19.0 Å². The molecule has 10 heteroatoms. The van der Waals surface area contributed by atoms with Crippen molar-refractivity contribution in [1.29, 1.82) is 0 Å². The second-order valence-electron chi connectivity index (χ2n) is 7.95. The number of aromatic nitrogens is 2. The summed E-state index contributed by atoms with van der Waals surface area (Å²) in [6.07, 6.45) is 2.13. The van der Waals surface area contributed by atoms with E-state index in [1.165, 1.54) is 29.3 Å². The van der Waals surface area contributed by atoms with Crippen LogP contribution < -0.4 is 16.1 Å². The summed E-state index contributed by atoms with van der Waals surface area (Å²) >= 11 is 0. The number of halogens is 1. The average molecular weight is 414 g/mol. The molecule has 3 N–H and O–H groups in total. The Morgan fingerprint density at radius 3 is 2.57 bits per heavy atom. The summed E-state index contributed by atoms with van der Waals surface area (Å²) in [7, 11) is 0. The lowest BCUT2D eigenvalue weighted by Gasteiger charge is -2.20. The third-order valence-electron chi connectivity index (χ3n) is 5.21. The number of nitrogens with zero attached hydrogens (tertiary/aromatic N) is 4. The van der Waals surface area contributed by atoms with Gasteiger partial charge in [-0.2, -0.15) is 10.1 Å². The first kappa shape index (κ1) is 20.0. The Hall–Kier alpha value is -3.30. The normalized spacial score (nSPS) is 19.7. The van der Waals surface area contributed by atoms with Crippen molar-refractivity contribution in [3.8, 4) is 0 Å². The number of hydrogen-bond acceptors (Lipinski definition) is 7. The molecule has 1 fully saturated rings. The Labute approximate surface area is 172 Å². The SMILES string of the molecule is CC(C)C(NC(=O)C1=NN(c2ccc(F)cc2)C(C(N)=O)C1)c1nc(C2CC2)no1. The molecule has 158 valence electrons. The molecule has 4 rings (SSSR count). The van der Waals surface area contributed by atoms with E-state index in [1.54, 1.807) is 0 Å². The van der Waals surface area contributed by atoms with Crippen LogP contribution in [-0.2, 0) is 9.59 Å². The topological polar surface area (TPSA) is 127 Å². The first-order valence-corrected chi connectivity index (χ1v) is 9.89. The van der Waals surface area contributed by atoms with Gasteiger partial charge in [0, 0.05) is 12.3 Å². The minimum Gasteiger partial charge on any atom is -0.368 e. The molecule has 1 aliphatic carbocycles. The van der Waals surface area contributed by atoms with E-state index in [0.29, 0.717) is 23.3 Å². The van der Waals surface area contributed by atoms with E-state index in [0.717, 1.165) is 12.8 Å². The first-order chi connectivity index (χ1) is 14.3. The summed E-state index contributed by atoms with van der Waals surface area (Å²) in [5.74, 6) is -0.150. The summed E-state index contributed by atoms with van der Waals surface area (Å²) in [5.41, 5.74) is 6.12.